The van der Waals surface area contributed by atoms with Gasteiger partial charge in [-0.15, -0.1) is 5.10 Å². The highest BCUT2D eigenvalue weighted by molar-refractivity contribution is 7.99. The Morgan fingerprint density at radius 2 is 1.91 bits per heavy atom. The number of nitrogens with one attached hydrogen (secondary N) is 1. The van der Waals surface area contributed by atoms with E-state index in [1.54, 1.807) is 4.52 Å². The molecule has 10 heteroatoms. The summed E-state index contributed by atoms with van der Waals surface area (Å²) in [6.07, 6.45) is 0.418. The third-order valence-corrected chi connectivity index (χ3v) is 6.99. The van der Waals surface area contributed by atoms with Crippen LogP contribution in [0.25, 0.3) is 5.78 Å². The number of ether oxygens (including phenoxy) is 2. The van der Waals surface area contributed by atoms with Crippen LogP contribution in [0.1, 0.15) is 22.5 Å². The van der Waals surface area contributed by atoms with Gasteiger partial charge in [0.05, 0.1) is 12.3 Å². The van der Waals surface area contributed by atoms with Gasteiger partial charge >= 0.3 is 0 Å². The Kier molecular flexibility index (Phi) is 6.79. The summed E-state index contributed by atoms with van der Waals surface area (Å²) < 4.78 is 13.3. The average molecular weight is 510 g/mol. The van der Waals surface area contributed by atoms with Gasteiger partial charge in [0.25, 0.3) is 5.78 Å². The SMILES string of the molecule is Cc1nc2nc(SCC(=O)NC[C@@H]3COc4ccccc4O3)nn2c(C)c1Cc1ccccc1Cl. The van der Waals surface area contributed by atoms with Crippen molar-refractivity contribution in [1.29, 1.82) is 0 Å². The summed E-state index contributed by atoms with van der Waals surface area (Å²) in [4.78, 5) is 21.5. The van der Waals surface area contributed by atoms with E-state index < -0.39 is 0 Å². The predicted molar refractivity (Wildman–Crippen MR) is 135 cm³/mol. The smallest absolute Gasteiger partial charge is 0.253 e. The van der Waals surface area contributed by atoms with Gasteiger partial charge < -0.3 is 14.8 Å². The summed E-state index contributed by atoms with van der Waals surface area (Å²) >= 11 is 7.63. The number of hydrogen-bond donors (Lipinski definition) is 1. The molecular formula is C25H24ClN5O3S. The number of thioether (sulfide) groups is 1. The van der Waals surface area contributed by atoms with Crippen LogP contribution in [-0.4, -0.2) is 50.5 Å². The largest absolute Gasteiger partial charge is 0.486 e. The summed E-state index contributed by atoms with van der Waals surface area (Å²) in [6, 6.07) is 15.3. The van der Waals surface area contributed by atoms with E-state index in [0.717, 1.165) is 33.3 Å². The van der Waals surface area contributed by atoms with Crippen LogP contribution < -0.4 is 14.8 Å². The Morgan fingerprint density at radius 3 is 2.74 bits per heavy atom. The average Bonchev–Trinajstić information content (AvgIpc) is 3.28. The lowest BCUT2D eigenvalue weighted by Gasteiger charge is -2.26. The van der Waals surface area contributed by atoms with Gasteiger partial charge in [-0.2, -0.15) is 4.98 Å². The van der Waals surface area contributed by atoms with Crippen LogP contribution in [0.5, 0.6) is 11.5 Å². The van der Waals surface area contributed by atoms with Gasteiger partial charge in [0.1, 0.15) is 12.7 Å². The highest BCUT2D eigenvalue weighted by Gasteiger charge is 2.21. The van der Waals surface area contributed by atoms with Crippen molar-refractivity contribution >= 4 is 35.0 Å². The van der Waals surface area contributed by atoms with E-state index in [-0.39, 0.29) is 17.8 Å². The van der Waals surface area contributed by atoms with E-state index in [1.165, 1.54) is 11.8 Å². The summed E-state index contributed by atoms with van der Waals surface area (Å²) in [5.41, 5.74) is 3.92. The van der Waals surface area contributed by atoms with Gasteiger partial charge in [0.15, 0.2) is 11.5 Å². The molecule has 1 aliphatic heterocycles. The maximum Gasteiger partial charge on any atom is 0.253 e. The number of aryl methyl sites for hydroxylation is 2. The second-order valence-electron chi connectivity index (χ2n) is 8.23. The zero-order valence-electron chi connectivity index (χ0n) is 19.3. The first-order valence-corrected chi connectivity index (χ1v) is 12.6. The molecule has 2 aromatic carbocycles. The fourth-order valence-electron chi connectivity index (χ4n) is 3.91. The third kappa shape index (κ3) is 5.21. The topological polar surface area (TPSA) is 90.6 Å². The number of carbonyl (C=O) groups is 1. The van der Waals surface area contributed by atoms with Gasteiger partial charge in [-0.1, -0.05) is 53.7 Å². The number of fused-ring (bicyclic) bond motifs is 2. The Balaban J connectivity index is 1.20. The van der Waals surface area contributed by atoms with Gasteiger partial charge in [0.2, 0.25) is 11.1 Å². The number of benzene rings is 2. The van der Waals surface area contributed by atoms with Crippen molar-refractivity contribution in [1.82, 2.24) is 24.9 Å². The highest BCUT2D eigenvalue weighted by atomic mass is 35.5. The van der Waals surface area contributed by atoms with Crippen LogP contribution >= 0.6 is 23.4 Å². The maximum absolute atomic E-state index is 12.4. The number of aromatic nitrogens is 4. The minimum Gasteiger partial charge on any atom is -0.486 e. The second kappa shape index (κ2) is 10.1. The molecule has 0 radical (unpaired) electrons. The Hall–Kier alpha value is -3.30. The van der Waals surface area contributed by atoms with Gasteiger partial charge in [-0.05, 0) is 43.2 Å². The lowest BCUT2D eigenvalue weighted by atomic mass is 10.0. The zero-order valence-corrected chi connectivity index (χ0v) is 20.9. The van der Waals surface area contributed by atoms with Crippen molar-refractivity contribution in [3.05, 3.63) is 76.1 Å². The van der Waals surface area contributed by atoms with Crippen LogP contribution in [0.4, 0.5) is 0 Å². The first kappa shape index (κ1) is 23.4. The quantitative estimate of drug-likeness (QED) is 0.376. The second-order valence-corrected chi connectivity index (χ2v) is 9.58. The normalized spacial score (nSPS) is 14.8. The van der Waals surface area contributed by atoms with Crippen molar-refractivity contribution < 1.29 is 14.3 Å². The van der Waals surface area contributed by atoms with E-state index >= 15 is 0 Å². The first-order valence-electron chi connectivity index (χ1n) is 11.2. The monoisotopic (exact) mass is 509 g/mol. The van der Waals surface area contributed by atoms with Crippen molar-refractivity contribution in [3.63, 3.8) is 0 Å². The van der Waals surface area contributed by atoms with Crippen molar-refractivity contribution in [2.75, 3.05) is 18.9 Å². The van der Waals surface area contributed by atoms with E-state index in [2.05, 4.69) is 20.4 Å². The molecule has 0 unspecified atom stereocenters. The molecule has 0 saturated heterocycles. The molecule has 8 nitrogen and oxygen atoms in total. The van der Waals surface area contributed by atoms with E-state index in [0.29, 0.717) is 36.3 Å². The molecule has 180 valence electrons. The molecule has 35 heavy (non-hydrogen) atoms. The number of para-hydroxylation sites is 2. The van der Waals surface area contributed by atoms with E-state index in [1.807, 2.05) is 62.4 Å². The molecule has 1 atom stereocenters. The number of nitrogens with zero attached hydrogens (tertiary/aromatic N) is 4. The lowest BCUT2D eigenvalue weighted by molar-refractivity contribution is -0.119. The summed E-state index contributed by atoms with van der Waals surface area (Å²) in [6.45, 7) is 4.70. The Morgan fingerprint density at radius 1 is 1.14 bits per heavy atom. The molecule has 4 aromatic rings. The minimum absolute atomic E-state index is 0.128. The molecule has 0 bridgehead atoms. The van der Waals surface area contributed by atoms with E-state index in [4.69, 9.17) is 21.1 Å². The van der Waals surface area contributed by atoms with Crippen LogP contribution in [0.2, 0.25) is 5.02 Å². The molecule has 0 aliphatic carbocycles. The van der Waals surface area contributed by atoms with E-state index in [9.17, 15) is 4.79 Å². The highest BCUT2D eigenvalue weighted by Crippen LogP contribution is 2.30. The maximum atomic E-state index is 12.4. The van der Waals surface area contributed by atoms with Crippen LogP contribution in [0, 0.1) is 13.8 Å². The number of amides is 1. The molecule has 0 spiro atoms. The number of halogens is 1. The minimum atomic E-state index is -0.237. The molecule has 3 heterocycles. The van der Waals surface area contributed by atoms with Gasteiger partial charge in [0, 0.05) is 22.8 Å². The molecule has 0 saturated carbocycles. The Labute approximate surface area is 212 Å². The van der Waals surface area contributed by atoms with Crippen molar-refractivity contribution in [3.8, 4) is 11.5 Å². The molecule has 1 amide bonds. The van der Waals surface area contributed by atoms with Crippen molar-refractivity contribution in [2.24, 2.45) is 0 Å². The third-order valence-electron chi connectivity index (χ3n) is 5.78. The molecular weight excluding hydrogens is 486 g/mol. The lowest BCUT2D eigenvalue weighted by Crippen LogP contribution is -2.41. The Bertz CT molecular complexity index is 1390. The summed E-state index contributed by atoms with van der Waals surface area (Å²) in [5, 5.41) is 8.69. The molecule has 1 N–H and O–H groups in total. The van der Waals surface area contributed by atoms with Crippen LogP contribution in [0.15, 0.2) is 53.7 Å². The predicted octanol–water partition coefficient (Wildman–Crippen LogP) is 4.03. The van der Waals surface area contributed by atoms with Crippen molar-refractivity contribution in [2.45, 2.75) is 31.5 Å². The van der Waals surface area contributed by atoms with Crippen LogP contribution in [0.3, 0.4) is 0 Å². The molecule has 2 aromatic heterocycles. The molecule has 5 rings (SSSR count). The first-order chi connectivity index (χ1) is 17.0. The molecule has 0 fully saturated rings. The van der Waals surface area contributed by atoms with Gasteiger partial charge in [-0.3, -0.25) is 4.79 Å². The zero-order chi connectivity index (χ0) is 24.4. The number of rotatable bonds is 7. The number of hydrogen-bond acceptors (Lipinski definition) is 7. The summed E-state index contributed by atoms with van der Waals surface area (Å²) in [7, 11) is 0. The number of carbonyl (C=O) groups excluding carboxylic acids is 1. The standard InChI is InChI=1S/C25H24ClN5O3S/c1-15-19(11-17-7-3-4-8-20(17)26)16(2)31-24(28-15)29-25(30-31)35-14-23(32)27-12-18-13-33-21-9-5-6-10-22(21)34-18/h3-10,18H,11-14H2,1-2H3,(H,27,32)/t18-/m1/s1. The molecule has 1 aliphatic rings. The van der Waals surface area contributed by atoms with Gasteiger partial charge in [-0.25, -0.2) is 9.50 Å². The summed E-state index contributed by atoms with van der Waals surface area (Å²) in [5.74, 6) is 1.98. The van der Waals surface area contributed by atoms with Crippen LogP contribution in [-0.2, 0) is 11.2 Å². The fourth-order valence-corrected chi connectivity index (χ4v) is 4.76. The fraction of sp³-hybridized carbons (Fsp3) is 0.280.